The fraction of sp³-hybridized carbons (Fsp3) is 0. The number of furan rings is 2. The molecule has 10 aromatic carbocycles. The summed E-state index contributed by atoms with van der Waals surface area (Å²) in [5.41, 5.74) is 9.05. The molecule has 0 radical (unpaired) electrons. The first-order chi connectivity index (χ1) is 32.7. The molecular formula is C59H32N4O2S. The van der Waals surface area contributed by atoms with Crippen LogP contribution in [0.1, 0.15) is 0 Å². The van der Waals surface area contributed by atoms with E-state index in [-0.39, 0.29) is 0 Å². The molecule has 0 bridgehead atoms. The number of nitrogens with zero attached hydrogens (tertiary/aromatic N) is 4. The molecule has 306 valence electrons. The van der Waals surface area contributed by atoms with Gasteiger partial charge in [0.15, 0.2) is 17.5 Å². The summed E-state index contributed by atoms with van der Waals surface area (Å²) in [6, 6.07) is 68.6. The van der Waals surface area contributed by atoms with Crippen LogP contribution in [0, 0.1) is 0 Å². The minimum absolute atomic E-state index is 0.544. The van der Waals surface area contributed by atoms with Gasteiger partial charge in [0.25, 0.3) is 0 Å². The SMILES string of the molecule is c1ccc2cc3c(cc2c1)c1ccccc1n3-c1cc(-c2nc(-c3ccc4oc5ccccc5c4c3)nc(-c3ccc4sc5ccccc5c4c3)n2)cc2oc3c4ccccc4ccc3c12. The van der Waals surface area contributed by atoms with Crippen LogP contribution in [0.2, 0.25) is 0 Å². The molecule has 0 N–H and O–H groups in total. The maximum absolute atomic E-state index is 7.06. The van der Waals surface area contributed by atoms with Crippen LogP contribution in [-0.2, 0) is 0 Å². The Balaban J connectivity index is 1.04. The number of aromatic nitrogens is 4. The van der Waals surface area contributed by atoms with E-state index in [1.165, 1.54) is 41.7 Å². The highest BCUT2D eigenvalue weighted by Gasteiger charge is 2.23. The van der Waals surface area contributed by atoms with Crippen LogP contribution in [-0.4, -0.2) is 19.5 Å². The third-order valence-corrected chi connectivity index (χ3v) is 14.5. The lowest BCUT2D eigenvalue weighted by Gasteiger charge is -2.13. The topological polar surface area (TPSA) is 69.9 Å². The predicted molar refractivity (Wildman–Crippen MR) is 273 cm³/mol. The molecule has 5 aromatic heterocycles. The lowest BCUT2D eigenvalue weighted by molar-refractivity contribution is 0.669. The maximum Gasteiger partial charge on any atom is 0.164 e. The van der Waals surface area contributed by atoms with Crippen LogP contribution in [0.15, 0.2) is 203 Å². The summed E-state index contributed by atoms with van der Waals surface area (Å²) in [6.07, 6.45) is 0. The first-order valence-electron chi connectivity index (χ1n) is 22.1. The summed E-state index contributed by atoms with van der Waals surface area (Å²) < 4.78 is 18.2. The second-order valence-electron chi connectivity index (χ2n) is 17.1. The van der Waals surface area contributed by atoms with E-state index in [9.17, 15) is 0 Å². The van der Waals surface area contributed by atoms with Crippen molar-refractivity contribution >= 4 is 119 Å². The first kappa shape index (κ1) is 35.8. The van der Waals surface area contributed by atoms with E-state index in [1.54, 1.807) is 11.3 Å². The predicted octanol–water partition coefficient (Wildman–Crippen LogP) is 16.4. The fourth-order valence-corrected chi connectivity index (χ4v) is 11.4. The van der Waals surface area contributed by atoms with Crippen LogP contribution in [0.5, 0.6) is 0 Å². The van der Waals surface area contributed by atoms with Gasteiger partial charge in [-0.25, -0.2) is 15.0 Å². The second kappa shape index (κ2) is 13.4. The molecule has 0 unspecified atom stereocenters. The number of fused-ring (bicyclic) bond motifs is 15. The number of hydrogen-bond acceptors (Lipinski definition) is 6. The number of thiophene rings is 1. The molecule has 66 heavy (non-hydrogen) atoms. The highest BCUT2D eigenvalue weighted by atomic mass is 32.1. The van der Waals surface area contributed by atoms with Crippen molar-refractivity contribution in [1.29, 1.82) is 0 Å². The molecule has 15 rings (SSSR count). The van der Waals surface area contributed by atoms with Crippen molar-refractivity contribution in [2.75, 3.05) is 0 Å². The van der Waals surface area contributed by atoms with Crippen molar-refractivity contribution in [1.82, 2.24) is 19.5 Å². The zero-order chi connectivity index (χ0) is 43.0. The summed E-state index contributed by atoms with van der Waals surface area (Å²) in [7, 11) is 0. The van der Waals surface area contributed by atoms with Crippen molar-refractivity contribution in [2.45, 2.75) is 0 Å². The van der Waals surface area contributed by atoms with Gasteiger partial charge in [0.2, 0.25) is 0 Å². The fourth-order valence-electron chi connectivity index (χ4n) is 10.3. The van der Waals surface area contributed by atoms with Gasteiger partial charge in [-0.1, -0.05) is 109 Å². The number of benzene rings is 10. The monoisotopic (exact) mass is 860 g/mol. The van der Waals surface area contributed by atoms with Gasteiger partial charge in [-0.2, -0.15) is 0 Å². The Morgan fingerprint density at radius 2 is 0.985 bits per heavy atom. The minimum Gasteiger partial charge on any atom is -0.456 e. The minimum atomic E-state index is 0.544. The Labute approximate surface area is 379 Å². The molecule has 0 atom stereocenters. The molecule has 5 heterocycles. The smallest absolute Gasteiger partial charge is 0.164 e. The van der Waals surface area contributed by atoms with Gasteiger partial charge in [0.05, 0.1) is 22.1 Å². The molecule has 0 saturated heterocycles. The van der Waals surface area contributed by atoms with Gasteiger partial charge >= 0.3 is 0 Å². The highest BCUT2D eigenvalue weighted by Crippen LogP contribution is 2.44. The summed E-state index contributed by atoms with van der Waals surface area (Å²) in [5.74, 6) is 1.70. The standard InChI is InChI=1S/C59H32N4O2S/c1-2-13-35-30-48-44(27-34(35)12-1)40-15-5-8-18-47(40)63(48)49-31-38(32-52-55(49)43-24-21-33-11-3-4-14-39(33)56(43)65-52)59-61-57(36-22-25-51-45(28-36)41-16-6-9-19-50(41)64-51)60-58(62-59)37-23-26-54-46(29-37)42-17-7-10-20-53(42)66-54/h1-32H. The molecule has 6 nitrogen and oxygen atoms in total. The van der Waals surface area contributed by atoms with Crippen molar-refractivity contribution in [3.05, 3.63) is 194 Å². The average molecular weight is 861 g/mol. The number of para-hydroxylation sites is 2. The molecule has 15 aromatic rings. The van der Waals surface area contributed by atoms with Crippen LogP contribution >= 0.6 is 11.3 Å². The van der Waals surface area contributed by atoms with Crippen molar-refractivity contribution in [2.24, 2.45) is 0 Å². The summed E-state index contributed by atoms with van der Waals surface area (Å²) in [5, 5.41) is 13.5. The average Bonchev–Trinajstić information content (AvgIpc) is 4.14. The molecule has 0 fully saturated rings. The van der Waals surface area contributed by atoms with E-state index in [0.29, 0.717) is 17.5 Å². The Kier molecular flexibility index (Phi) is 7.28. The van der Waals surface area contributed by atoms with E-state index in [4.69, 9.17) is 23.8 Å². The molecule has 0 aliphatic heterocycles. The Morgan fingerprint density at radius 1 is 0.348 bits per heavy atom. The van der Waals surface area contributed by atoms with E-state index >= 15 is 0 Å². The highest BCUT2D eigenvalue weighted by molar-refractivity contribution is 7.25. The summed E-state index contributed by atoms with van der Waals surface area (Å²) >= 11 is 1.80. The number of hydrogen-bond donors (Lipinski definition) is 0. The van der Waals surface area contributed by atoms with Gasteiger partial charge in [-0.15, -0.1) is 11.3 Å². The summed E-state index contributed by atoms with van der Waals surface area (Å²) in [4.78, 5) is 16.0. The van der Waals surface area contributed by atoms with Gasteiger partial charge in [0.1, 0.15) is 22.3 Å². The Hall–Kier alpha value is -8.65. The normalized spacial score (nSPS) is 12.2. The first-order valence-corrected chi connectivity index (χ1v) is 22.9. The van der Waals surface area contributed by atoms with Gasteiger partial charge < -0.3 is 13.4 Å². The van der Waals surface area contributed by atoms with Crippen LogP contribution in [0.3, 0.4) is 0 Å². The molecule has 0 aliphatic rings. The lowest BCUT2D eigenvalue weighted by Crippen LogP contribution is -2.01. The third kappa shape index (κ3) is 5.20. The third-order valence-electron chi connectivity index (χ3n) is 13.4. The van der Waals surface area contributed by atoms with Crippen molar-refractivity contribution in [3.8, 4) is 39.9 Å². The quantitative estimate of drug-likeness (QED) is 0.176. The lowest BCUT2D eigenvalue weighted by atomic mass is 10.0. The van der Waals surface area contributed by atoms with E-state index in [0.717, 1.165) is 88.1 Å². The second-order valence-corrected chi connectivity index (χ2v) is 18.2. The molecule has 7 heteroatoms. The molecular weight excluding hydrogens is 829 g/mol. The van der Waals surface area contributed by atoms with E-state index in [2.05, 4.69) is 168 Å². The maximum atomic E-state index is 7.06. The Bertz CT molecular complexity index is 4420. The largest absolute Gasteiger partial charge is 0.456 e. The summed E-state index contributed by atoms with van der Waals surface area (Å²) in [6.45, 7) is 0. The molecule has 0 aliphatic carbocycles. The number of rotatable bonds is 4. The van der Waals surface area contributed by atoms with Crippen LogP contribution < -0.4 is 0 Å². The van der Waals surface area contributed by atoms with Crippen LogP contribution in [0.4, 0.5) is 0 Å². The molecule has 0 amide bonds. The zero-order valence-electron chi connectivity index (χ0n) is 35.0. The van der Waals surface area contributed by atoms with Crippen molar-refractivity contribution in [3.63, 3.8) is 0 Å². The zero-order valence-corrected chi connectivity index (χ0v) is 35.8. The van der Waals surface area contributed by atoms with E-state index < -0.39 is 0 Å². The molecule has 0 saturated carbocycles. The molecule has 0 spiro atoms. The van der Waals surface area contributed by atoms with Crippen molar-refractivity contribution < 1.29 is 8.83 Å². The Morgan fingerprint density at radius 3 is 1.83 bits per heavy atom. The van der Waals surface area contributed by atoms with E-state index in [1.807, 2.05) is 30.3 Å². The van der Waals surface area contributed by atoms with Gasteiger partial charge in [0, 0.05) is 69.2 Å². The van der Waals surface area contributed by atoms with Gasteiger partial charge in [-0.05, 0) is 101 Å². The van der Waals surface area contributed by atoms with Crippen LogP contribution in [0.25, 0.3) is 147 Å². The van der Waals surface area contributed by atoms with Gasteiger partial charge in [-0.3, -0.25) is 0 Å².